The van der Waals surface area contributed by atoms with E-state index in [4.69, 9.17) is 0 Å². The zero-order chi connectivity index (χ0) is 11.8. The molecule has 1 aromatic rings. The molecule has 1 aromatic carbocycles. The fourth-order valence-corrected chi connectivity index (χ4v) is 2.19. The molecule has 16 heavy (non-hydrogen) atoms. The van der Waals surface area contributed by atoms with E-state index in [9.17, 15) is 4.79 Å². The minimum absolute atomic E-state index is 0.0255. The molecule has 0 heterocycles. The maximum absolute atomic E-state index is 12.1. The van der Waals surface area contributed by atoms with Crippen LogP contribution in [0, 0.1) is 5.92 Å². The highest BCUT2D eigenvalue weighted by atomic mass is 32.1. The number of carbonyl (C=O) groups excluding carboxylic acids is 1. The average Bonchev–Trinajstić information content (AvgIpc) is 3.00. The molecule has 0 aromatic heterocycles. The standard InChI is InChI=1S/C13H17NOS/c1-13(2,9-7-8-9)14-12(15)10-5-3-4-6-11(10)16/h3-6,9,16H,7-8H2,1-2H3,(H,14,15). The van der Waals surface area contributed by atoms with Crippen LogP contribution in [0.2, 0.25) is 0 Å². The number of hydrogen-bond acceptors (Lipinski definition) is 2. The number of thiol groups is 1. The van der Waals surface area contributed by atoms with Crippen molar-refractivity contribution in [3.63, 3.8) is 0 Å². The first kappa shape index (κ1) is 11.5. The van der Waals surface area contributed by atoms with Gasteiger partial charge in [-0.1, -0.05) is 12.1 Å². The first-order valence-electron chi connectivity index (χ1n) is 5.61. The normalized spacial score (nSPS) is 15.9. The second-order valence-electron chi connectivity index (χ2n) is 4.97. The summed E-state index contributed by atoms with van der Waals surface area (Å²) in [6.07, 6.45) is 2.44. The van der Waals surface area contributed by atoms with Gasteiger partial charge in [0.05, 0.1) is 5.56 Å². The second-order valence-corrected chi connectivity index (χ2v) is 5.45. The number of benzene rings is 1. The maximum Gasteiger partial charge on any atom is 0.252 e. The fraction of sp³-hybridized carbons (Fsp3) is 0.462. The van der Waals surface area contributed by atoms with E-state index in [0.29, 0.717) is 11.5 Å². The molecule has 0 bridgehead atoms. The molecule has 1 saturated carbocycles. The second kappa shape index (κ2) is 4.13. The molecular weight excluding hydrogens is 218 g/mol. The van der Waals surface area contributed by atoms with Crippen molar-refractivity contribution < 1.29 is 4.79 Å². The lowest BCUT2D eigenvalue weighted by molar-refractivity contribution is 0.0900. The Labute approximate surface area is 102 Å². The molecule has 0 radical (unpaired) electrons. The van der Waals surface area contributed by atoms with Crippen LogP contribution in [-0.4, -0.2) is 11.4 Å². The summed E-state index contributed by atoms with van der Waals surface area (Å²) in [4.78, 5) is 12.8. The molecule has 0 saturated heterocycles. The lowest BCUT2D eigenvalue weighted by Gasteiger charge is -2.26. The Morgan fingerprint density at radius 2 is 2.00 bits per heavy atom. The summed E-state index contributed by atoms with van der Waals surface area (Å²) in [7, 11) is 0. The molecule has 1 N–H and O–H groups in total. The van der Waals surface area contributed by atoms with Gasteiger partial charge in [0.25, 0.3) is 5.91 Å². The number of rotatable bonds is 3. The van der Waals surface area contributed by atoms with Crippen molar-refractivity contribution in [2.45, 2.75) is 37.1 Å². The third-order valence-corrected chi connectivity index (χ3v) is 3.57. The van der Waals surface area contributed by atoms with Gasteiger partial charge in [0.1, 0.15) is 0 Å². The van der Waals surface area contributed by atoms with E-state index in [1.807, 2.05) is 18.2 Å². The molecular formula is C13H17NOS. The maximum atomic E-state index is 12.1. The van der Waals surface area contributed by atoms with Crippen molar-refractivity contribution in [3.8, 4) is 0 Å². The van der Waals surface area contributed by atoms with Crippen LogP contribution < -0.4 is 5.32 Å². The van der Waals surface area contributed by atoms with Crippen LogP contribution in [0.25, 0.3) is 0 Å². The topological polar surface area (TPSA) is 29.1 Å². The van der Waals surface area contributed by atoms with Crippen molar-refractivity contribution >= 4 is 18.5 Å². The van der Waals surface area contributed by atoms with Crippen LogP contribution in [-0.2, 0) is 0 Å². The summed E-state index contributed by atoms with van der Waals surface area (Å²) in [5.41, 5.74) is 0.548. The Kier molecular flexibility index (Phi) is 2.98. The van der Waals surface area contributed by atoms with Crippen LogP contribution in [0.3, 0.4) is 0 Å². The Hall–Kier alpha value is -0.960. The highest BCUT2D eigenvalue weighted by molar-refractivity contribution is 7.80. The number of hydrogen-bond donors (Lipinski definition) is 2. The summed E-state index contributed by atoms with van der Waals surface area (Å²) >= 11 is 4.29. The van der Waals surface area contributed by atoms with Gasteiger partial charge in [-0.25, -0.2) is 0 Å². The summed E-state index contributed by atoms with van der Waals surface area (Å²) in [6, 6.07) is 7.38. The van der Waals surface area contributed by atoms with E-state index in [2.05, 4.69) is 31.8 Å². The molecule has 1 amide bonds. The minimum atomic E-state index is -0.104. The van der Waals surface area contributed by atoms with Gasteiger partial charge in [-0.2, -0.15) is 0 Å². The number of nitrogens with one attached hydrogen (secondary N) is 1. The highest BCUT2D eigenvalue weighted by Crippen LogP contribution is 2.39. The molecule has 0 unspecified atom stereocenters. The molecule has 0 spiro atoms. The zero-order valence-electron chi connectivity index (χ0n) is 9.66. The van der Waals surface area contributed by atoms with Gasteiger partial charge in [0.15, 0.2) is 0 Å². The molecule has 1 aliphatic carbocycles. The Balaban J connectivity index is 2.11. The summed E-state index contributed by atoms with van der Waals surface area (Å²) in [6.45, 7) is 4.17. The smallest absolute Gasteiger partial charge is 0.252 e. The largest absolute Gasteiger partial charge is 0.347 e. The summed E-state index contributed by atoms with van der Waals surface area (Å²) in [5.74, 6) is 0.603. The van der Waals surface area contributed by atoms with Gasteiger partial charge in [0.2, 0.25) is 0 Å². The first-order chi connectivity index (χ1) is 7.50. The van der Waals surface area contributed by atoms with Crippen LogP contribution in [0.4, 0.5) is 0 Å². The third kappa shape index (κ3) is 2.40. The molecule has 0 atom stereocenters. The van der Waals surface area contributed by atoms with Gasteiger partial charge < -0.3 is 5.32 Å². The zero-order valence-corrected chi connectivity index (χ0v) is 10.6. The van der Waals surface area contributed by atoms with Crippen molar-refractivity contribution in [2.24, 2.45) is 5.92 Å². The van der Waals surface area contributed by atoms with E-state index in [1.165, 1.54) is 12.8 Å². The van der Waals surface area contributed by atoms with Crippen molar-refractivity contribution in [3.05, 3.63) is 29.8 Å². The van der Waals surface area contributed by atoms with Gasteiger partial charge in [-0.3, -0.25) is 4.79 Å². The predicted molar refractivity (Wildman–Crippen MR) is 68.0 cm³/mol. The SMILES string of the molecule is CC(C)(NC(=O)c1ccccc1S)C1CC1. The van der Waals surface area contributed by atoms with Gasteiger partial charge in [0, 0.05) is 10.4 Å². The quantitative estimate of drug-likeness (QED) is 0.775. The molecule has 2 rings (SSSR count). The molecule has 3 heteroatoms. The van der Waals surface area contributed by atoms with Gasteiger partial charge in [-0.15, -0.1) is 12.6 Å². The van der Waals surface area contributed by atoms with Crippen LogP contribution >= 0.6 is 12.6 Å². The van der Waals surface area contributed by atoms with Crippen LogP contribution in [0.1, 0.15) is 37.0 Å². The van der Waals surface area contributed by atoms with E-state index < -0.39 is 0 Å². The van der Waals surface area contributed by atoms with Crippen molar-refractivity contribution in [1.29, 1.82) is 0 Å². The Morgan fingerprint density at radius 1 is 1.38 bits per heavy atom. The average molecular weight is 235 g/mol. The summed E-state index contributed by atoms with van der Waals surface area (Å²) in [5, 5.41) is 3.09. The highest BCUT2D eigenvalue weighted by Gasteiger charge is 2.38. The van der Waals surface area contributed by atoms with Crippen LogP contribution in [0.5, 0.6) is 0 Å². The molecule has 1 aliphatic rings. The fourth-order valence-electron chi connectivity index (χ4n) is 1.93. The van der Waals surface area contributed by atoms with E-state index in [0.717, 1.165) is 4.90 Å². The van der Waals surface area contributed by atoms with Crippen molar-refractivity contribution in [2.75, 3.05) is 0 Å². The number of carbonyl (C=O) groups is 1. The molecule has 0 aliphatic heterocycles. The predicted octanol–water partition coefficient (Wildman–Crippen LogP) is 2.89. The van der Waals surface area contributed by atoms with E-state index in [1.54, 1.807) is 6.07 Å². The minimum Gasteiger partial charge on any atom is -0.347 e. The number of amides is 1. The Morgan fingerprint density at radius 3 is 2.56 bits per heavy atom. The van der Waals surface area contributed by atoms with Crippen molar-refractivity contribution in [1.82, 2.24) is 5.32 Å². The molecule has 1 fully saturated rings. The van der Waals surface area contributed by atoms with E-state index >= 15 is 0 Å². The molecule has 2 nitrogen and oxygen atoms in total. The molecule has 86 valence electrons. The van der Waals surface area contributed by atoms with Gasteiger partial charge >= 0.3 is 0 Å². The lowest BCUT2D eigenvalue weighted by Crippen LogP contribution is -2.45. The summed E-state index contributed by atoms with van der Waals surface area (Å²) < 4.78 is 0. The first-order valence-corrected chi connectivity index (χ1v) is 6.06. The van der Waals surface area contributed by atoms with E-state index in [-0.39, 0.29) is 11.4 Å². The van der Waals surface area contributed by atoms with Gasteiger partial charge in [-0.05, 0) is 44.7 Å². The monoisotopic (exact) mass is 235 g/mol. The van der Waals surface area contributed by atoms with Crippen LogP contribution in [0.15, 0.2) is 29.2 Å². The lowest BCUT2D eigenvalue weighted by atomic mass is 9.98. The third-order valence-electron chi connectivity index (χ3n) is 3.18. The Bertz CT molecular complexity index is 410.